The highest BCUT2D eigenvalue weighted by Crippen LogP contribution is 2.44. The number of fused-ring (bicyclic) bond motifs is 2. The van der Waals surface area contributed by atoms with Crippen molar-refractivity contribution in [3.63, 3.8) is 0 Å². The number of benzene rings is 1. The lowest BCUT2D eigenvalue weighted by atomic mass is 9.90. The molecule has 1 aromatic carbocycles. The first-order valence-electron chi connectivity index (χ1n) is 8.18. The molecule has 0 radical (unpaired) electrons. The van der Waals surface area contributed by atoms with Crippen LogP contribution >= 0.6 is 11.8 Å². The molecule has 2 fully saturated rings. The third-order valence-corrected chi connectivity index (χ3v) is 6.72. The molecular formula is C18H25NO3S. The SMILES string of the molecule is COC(=O)[C@H]1[C@@H](SCc2ccc(OC)cc2)C[C@@H]2CC[C@H]1N2C. The van der Waals surface area contributed by atoms with Crippen molar-refractivity contribution >= 4 is 17.7 Å². The van der Waals surface area contributed by atoms with Crippen molar-refractivity contribution in [3.8, 4) is 5.75 Å². The maximum absolute atomic E-state index is 12.3. The van der Waals surface area contributed by atoms with Crippen LogP contribution in [0.5, 0.6) is 5.75 Å². The summed E-state index contributed by atoms with van der Waals surface area (Å²) in [5.74, 6) is 1.75. The number of thioether (sulfide) groups is 1. The number of hydrogen-bond donors (Lipinski definition) is 0. The molecule has 0 aromatic heterocycles. The molecule has 0 unspecified atom stereocenters. The zero-order chi connectivity index (χ0) is 16.4. The average Bonchev–Trinajstić information content (AvgIpc) is 2.83. The van der Waals surface area contributed by atoms with Gasteiger partial charge in [-0.3, -0.25) is 9.69 Å². The van der Waals surface area contributed by atoms with Crippen LogP contribution in [0.25, 0.3) is 0 Å². The molecule has 0 amide bonds. The van der Waals surface area contributed by atoms with Crippen LogP contribution in [0.4, 0.5) is 0 Å². The van der Waals surface area contributed by atoms with Crippen molar-refractivity contribution in [2.75, 3.05) is 21.3 Å². The lowest BCUT2D eigenvalue weighted by Gasteiger charge is -2.41. The summed E-state index contributed by atoms with van der Waals surface area (Å²) >= 11 is 1.90. The highest BCUT2D eigenvalue weighted by molar-refractivity contribution is 7.99. The Morgan fingerprint density at radius 1 is 1.26 bits per heavy atom. The summed E-state index contributed by atoms with van der Waals surface area (Å²) in [4.78, 5) is 14.7. The van der Waals surface area contributed by atoms with Crippen LogP contribution in [0.1, 0.15) is 24.8 Å². The van der Waals surface area contributed by atoms with E-state index in [4.69, 9.17) is 9.47 Å². The Morgan fingerprint density at radius 3 is 2.65 bits per heavy atom. The van der Waals surface area contributed by atoms with Crippen molar-refractivity contribution < 1.29 is 14.3 Å². The summed E-state index contributed by atoms with van der Waals surface area (Å²) in [6, 6.07) is 9.15. The van der Waals surface area contributed by atoms with Gasteiger partial charge in [-0.25, -0.2) is 0 Å². The van der Waals surface area contributed by atoms with E-state index < -0.39 is 0 Å². The predicted molar refractivity (Wildman–Crippen MR) is 92.8 cm³/mol. The molecule has 2 aliphatic rings. The quantitative estimate of drug-likeness (QED) is 0.774. The van der Waals surface area contributed by atoms with E-state index in [1.54, 1.807) is 7.11 Å². The summed E-state index contributed by atoms with van der Waals surface area (Å²) in [6.45, 7) is 0. The zero-order valence-electron chi connectivity index (χ0n) is 14.0. The summed E-state index contributed by atoms with van der Waals surface area (Å²) in [5, 5.41) is 0.346. The number of rotatable bonds is 5. The first-order chi connectivity index (χ1) is 11.1. The van der Waals surface area contributed by atoms with Crippen molar-refractivity contribution in [1.29, 1.82) is 0 Å². The van der Waals surface area contributed by atoms with Gasteiger partial charge in [0.15, 0.2) is 0 Å². The van der Waals surface area contributed by atoms with Crippen LogP contribution in [-0.4, -0.2) is 49.5 Å². The molecule has 0 saturated carbocycles. The third kappa shape index (κ3) is 3.36. The van der Waals surface area contributed by atoms with Gasteiger partial charge in [0.05, 0.1) is 20.1 Å². The van der Waals surface area contributed by atoms with E-state index in [2.05, 4.69) is 24.1 Å². The van der Waals surface area contributed by atoms with Gasteiger partial charge in [-0.15, -0.1) is 0 Å². The van der Waals surface area contributed by atoms with Gasteiger partial charge < -0.3 is 9.47 Å². The van der Waals surface area contributed by atoms with Gasteiger partial charge in [0.25, 0.3) is 0 Å². The number of esters is 1. The van der Waals surface area contributed by atoms with Crippen molar-refractivity contribution in [2.45, 2.75) is 42.3 Å². The number of carbonyl (C=O) groups excluding carboxylic acids is 1. The second-order valence-electron chi connectivity index (χ2n) is 6.45. The minimum absolute atomic E-state index is 0.00741. The highest BCUT2D eigenvalue weighted by atomic mass is 32.2. The van der Waals surface area contributed by atoms with Crippen molar-refractivity contribution in [2.24, 2.45) is 5.92 Å². The maximum Gasteiger partial charge on any atom is 0.311 e. The number of hydrogen-bond acceptors (Lipinski definition) is 5. The molecule has 2 heterocycles. The van der Waals surface area contributed by atoms with Gasteiger partial charge in [-0.2, -0.15) is 11.8 Å². The minimum Gasteiger partial charge on any atom is -0.497 e. The fourth-order valence-electron chi connectivity index (χ4n) is 3.96. The second kappa shape index (κ2) is 7.14. The molecule has 2 aliphatic heterocycles. The third-order valence-electron chi connectivity index (χ3n) is 5.31. The van der Waals surface area contributed by atoms with Crippen molar-refractivity contribution in [1.82, 2.24) is 4.90 Å². The standard InChI is InChI=1S/C18H25NO3S/c1-19-13-6-9-15(19)17(18(20)22-3)16(10-13)23-11-12-4-7-14(21-2)8-5-12/h4-5,7-8,13,15-17H,6,9-11H2,1-3H3/t13-,15+,16-,17+/m0/s1. The van der Waals surface area contributed by atoms with E-state index in [0.29, 0.717) is 17.3 Å². The van der Waals surface area contributed by atoms with Crippen LogP contribution in [0.2, 0.25) is 0 Å². The average molecular weight is 335 g/mol. The number of piperidine rings is 1. The zero-order valence-corrected chi connectivity index (χ0v) is 14.8. The van der Waals surface area contributed by atoms with Crippen LogP contribution < -0.4 is 4.74 Å². The van der Waals surface area contributed by atoms with Gasteiger partial charge in [0.2, 0.25) is 0 Å². The number of ether oxygens (including phenoxy) is 2. The lowest BCUT2D eigenvalue weighted by Crippen LogP contribution is -2.51. The number of nitrogens with zero attached hydrogens (tertiary/aromatic N) is 1. The smallest absolute Gasteiger partial charge is 0.311 e. The predicted octanol–water partition coefficient (Wildman–Crippen LogP) is 2.95. The molecule has 2 bridgehead atoms. The van der Waals surface area contributed by atoms with Crippen LogP contribution in [0.3, 0.4) is 0 Å². The Morgan fingerprint density at radius 2 is 2.00 bits per heavy atom. The Kier molecular flexibility index (Phi) is 5.17. The minimum atomic E-state index is -0.0468. The summed E-state index contributed by atoms with van der Waals surface area (Å²) in [6.07, 6.45) is 3.39. The van der Waals surface area contributed by atoms with E-state index in [1.165, 1.54) is 19.1 Å². The van der Waals surface area contributed by atoms with Crippen LogP contribution in [-0.2, 0) is 15.3 Å². The number of methoxy groups -OCH3 is 2. The molecule has 4 atom stereocenters. The lowest BCUT2D eigenvalue weighted by molar-refractivity contribution is -0.148. The molecular weight excluding hydrogens is 310 g/mol. The Balaban J connectivity index is 1.68. The van der Waals surface area contributed by atoms with Gasteiger partial charge >= 0.3 is 5.97 Å². The Labute approximate surface area is 142 Å². The van der Waals surface area contributed by atoms with E-state index in [1.807, 2.05) is 23.9 Å². The monoisotopic (exact) mass is 335 g/mol. The first-order valence-corrected chi connectivity index (χ1v) is 9.23. The summed E-state index contributed by atoms with van der Waals surface area (Å²) in [5.41, 5.74) is 1.27. The van der Waals surface area contributed by atoms with E-state index in [0.717, 1.165) is 24.3 Å². The second-order valence-corrected chi connectivity index (χ2v) is 7.67. The van der Waals surface area contributed by atoms with Crippen LogP contribution in [0, 0.1) is 5.92 Å². The van der Waals surface area contributed by atoms with E-state index in [-0.39, 0.29) is 11.9 Å². The van der Waals surface area contributed by atoms with Gasteiger partial charge in [0.1, 0.15) is 5.75 Å². The van der Waals surface area contributed by atoms with Gasteiger partial charge in [-0.1, -0.05) is 12.1 Å². The molecule has 0 spiro atoms. The summed E-state index contributed by atoms with van der Waals surface area (Å²) in [7, 11) is 5.34. The maximum atomic E-state index is 12.3. The molecule has 126 valence electrons. The largest absolute Gasteiger partial charge is 0.497 e. The fourth-order valence-corrected chi connectivity index (χ4v) is 5.42. The molecule has 0 aliphatic carbocycles. The molecule has 3 rings (SSSR count). The molecule has 1 aromatic rings. The molecule has 5 heteroatoms. The van der Waals surface area contributed by atoms with Gasteiger partial charge in [-0.05, 0) is 44.0 Å². The van der Waals surface area contributed by atoms with Crippen molar-refractivity contribution in [3.05, 3.63) is 29.8 Å². The first kappa shape index (κ1) is 16.7. The number of carbonyl (C=O) groups is 1. The van der Waals surface area contributed by atoms with E-state index in [9.17, 15) is 4.79 Å². The molecule has 4 nitrogen and oxygen atoms in total. The van der Waals surface area contributed by atoms with Gasteiger partial charge in [0, 0.05) is 23.1 Å². The highest BCUT2D eigenvalue weighted by Gasteiger charge is 2.49. The Bertz CT molecular complexity index is 548. The fraction of sp³-hybridized carbons (Fsp3) is 0.611. The topological polar surface area (TPSA) is 38.8 Å². The summed E-state index contributed by atoms with van der Waals surface area (Å²) < 4.78 is 10.3. The molecule has 0 N–H and O–H groups in total. The van der Waals surface area contributed by atoms with E-state index >= 15 is 0 Å². The van der Waals surface area contributed by atoms with Crippen LogP contribution in [0.15, 0.2) is 24.3 Å². The molecule has 2 saturated heterocycles. The Hall–Kier alpha value is -1.20. The normalized spacial score (nSPS) is 30.2. The molecule has 23 heavy (non-hydrogen) atoms.